The van der Waals surface area contributed by atoms with Gasteiger partial charge >= 0.3 is 5.97 Å². The van der Waals surface area contributed by atoms with Crippen molar-refractivity contribution < 1.29 is 38.3 Å². The summed E-state index contributed by atoms with van der Waals surface area (Å²) in [4.78, 5) is 15.3. The summed E-state index contributed by atoms with van der Waals surface area (Å²) in [6.07, 6.45) is 0.0960. The molecule has 0 radical (unpaired) electrons. The number of esters is 1. The van der Waals surface area contributed by atoms with Crippen molar-refractivity contribution in [1.82, 2.24) is 4.90 Å². The van der Waals surface area contributed by atoms with Gasteiger partial charge < -0.3 is 33.5 Å². The largest absolute Gasteiger partial charge is 0.508 e. The Balaban J connectivity index is 1.59. The number of phenols is 1. The van der Waals surface area contributed by atoms with Crippen molar-refractivity contribution in [2.75, 3.05) is 41.7 Å². The maximum absolute atomic E-state index is 13.2. The van der Waals surface area contributed by atoms with Crippen LogP contribution in [-0.4, -0.2) is 57.7 Å². The standard InChI is InChI=1S/C28H27NO8/c1-29-12-11-16-19(14-5-7-15(30)8-6-14)26-27(36-13-35-26)25(34-4)20(16)22(29)23-17-9-10-18(32-2)24(33-3)21(17)28(31)37-23/h5-10,22-23,30H,11-13H2,1-4H3/t22-,23+/m1/s1. The van der Waals surface area contributed by atoms with E-state index in [4.69, 9.17) is 28.4 Å². The number of cyclic esters (lactones) is 1. The SMILES string of the molecule is COc1ccc2c(c1OC)C(=O)O[C@@H]2[C@H]1c2c(c(-c3ccc(O)cc3)c3c(c2OC)OCO3)CCN1C. The molecule has 0 aromatic heterocycles. The topological polar surface area (TPSA) is 95.9 Å². The van der Waals surface area contributed by atoms with Crippen LogP contribution in [0.4, 0.5) is 0 Å². The summed E-state index contributed by atoms with van der Waals surface area (Å²) in [6.45, 7) is 0.778. The number of rotatable bonds is 5. The molecule has 0 saturated heterocycles. The predicted molar refractivity (Wildman–Crippen MR) is 133 cm³/mol. The van der Waals surface area contributed by atoms with Crippen LogP contribution in [0.3, 0.4) is 0 Å². The summed E-state index contributed by atoms with van der Waals surface area (Å²) < 4.78 is 34.8. The number of hydrogen-bond donors (Lipinski definition) is 1. The second kappa shape index (κ2) is 8.77. The molecule has 3 aromatic carbocycles. The maximum atomic E-state index is 13.2. The van der Waals surface area contributed by atoms with E-state index in [1.54, 1.807) is 25.3 Å². The third kappa shape index (κ3) is 3.37. The van der Waals surface area contributed by atoms with E-state index < -0.39 is 12.1 Å². The van der Waals surface area contributed by atoms with Gasteiger partial charge in [-0.25, -0.2) is 4.79 Å². The van der Waals surface area contributed by atoms with E-state index in [2.05, 4.69) is 4.90 Å². The summed E-state index contributed by atoms with van der Waals surface area (Å²) in [7, 11) is 6.65. The zero-order chi connectivity index (χ0) is 25.8. The Morgan fingerprint density at radius 1 is 0.919 bits per heavy atom. The summed E-state index contributed by atoms with van der Waals surface area (Å²) in [6, 6.07) is 10.3. The molecule has 0 amide bonds. The molecule has 0 bridgehead atoms. The van der Waals surface area contributed by atoms with Crippen molar-refractivity contribution in [3.63, 3.8) is 0 Å². The fourth-order valence-electron chi connectivity index (χ4n) is 5.76. The van der Waals surface area contributed by atoms with Crippen LogP contribution in [0, 0.1) is 0 Å². The van der Waals surface area contributed by atoms with Gasteiger partial charge in [0.15, 0.2) is 23.0 Å². The van der Waals surface area contributed by atoms with E-state index >= 15 is 0 Å². The fraction of sp³-hybridized carbons (Fsp3) is 0.321. The number of methoxy groups -OCH3 is 3. The lowest BCUT2D eigenvalue weighted by atomic mass is 9.81. The first-order valence-electron chi connectivity index (χ1n) is 12.0. The monoisotopic (exact) mass is 505 g/mol. The molecule has 0 unspecified atom stereocenters. The van der Waals surface area contributed by atoms with Gasteiger partial charge in [-0.1, -0.05) is 18.2 Å². The van der Waals surface area contributed by atoms with E-state index in [1.807, 2.05) is 25.2 Å². The molecule has 3 heterocycles. The smallest absolute Gasteiger partial charge is 0.343 e. The van der Waals surface area contributed by atoms with Gasteiger partial charge in [-0.2, -0.15) is 0 Å². The minimum absolute atomic E-state index is 0.0679. The molecular formula is C28H27NO8. The lowest BCUT2D eigenvalue weighted by Gasteiger charge is -2.39. The Morgan fingerprint density at radius 2 is 1.65 bits per heavy atom. The molecule has 0 spiro atoms. The highest BCUT2D eigenvalue weighted by molar-refractivity contribution is 5.98. The molecule has 0 fully saturated rings. The normalized spacial score (nSPS) is 19.7. The maximum Gasteiger partial charge on any atom is 0.343 e. The van der Waals surface area contributed by atoms with Crippen molar-refractivity contribution in [2.24, 2.45) is 0 Å². The van der Waals surface area contributed by atoms with Gasteiger partial charge in [0, 0.05) is 23.2 Å². The third-order valence-corrected chi connectivity index (χ3v) is 7.37. The van der Waals surface area contributed by atoms with Crippen LogP contribution in [0.5, 0.6) is 34.5 Å². The Morgan fingerprint density at radius 3 is 2.35 bits per heavy atom. The average molecular weight is 506 g/mol. The molecule has 0 saturated carbocycles. The van der Waals surface area contributed by atoms with Crippen molar-refractivity contribution in [3.05, 3.63) is 58.7 Å². The number of hydrogen-bond acceptors (Lipinski definition) is 9. The number of carbonyl (C=O) groups is 1. The molecule has 3 aliphatic heterocycles. The molecule has 9 heteroatoms. The van der Waals surface area contributed by atoms with Gasteiger partial charge in [0.05, 0.1) is 27.4 Å². The number of ether oxygens (including phenoxy) is 6. The Bertz CT molecular complexity index is 1400. The van der Waals surface area contributed by atoms with Gasteiger partial charge in [0.2, 0.25) is 12.5 Å². The fourth-order valence-corrected chi connectivity index (χ4v) is 5.76. The molecule has 6 rings (SSSR count). The van der Waals surface area contributed by atoms with Crippen LogP contribution < -0.4 is 23.7 Å². The van der Waals surface area contributed by atoms with E-state index in [9.17, 15) is 9.90 Å². The Labute approximate surface area is 214 Å². The predicted octanol–water partition coefficient (Wildman–Crippen LogP) is 4.25. The number of fused-ring (bicyclic) bond motifs is 3. The molecule has 9 nitrogen and oxygen atoms in total. The first kappa shape index (κ1) is 23.3. The third-order valence-electron chi connectivity index (χ3n) is 7.37. The summed E-state index contributed by atoms with van der Waals surface area (Å²) in [5.41, 5.74) is 4.77. The highest BCUT2D eigenvalue weighted by Crippen LogP contribution is 2.58. The van der Waals surface area contributed by atoms with Crippen molar-refractivity contribution in [3.8, 4) is 45.6 Å². The van der Waals surface area contributed by atoms with Crippen LogP contribution in [-0.2, 0) is 11.2 Å². The summed E-state index contributed by atoms with van der Waals surface area (Å²) >= 11 is 0. The second-order valence-corrected chi connectivity index (χ2v) is 9.18. The van der Waals surface area contributed by atoms with Crippen molar-refractivity contribution >= 4 is 5.97 Å². The number of nitrogens with zero attached hydrogens (tertiary/aromatic N) is 1. The van der Waals surface area contributed by atoms with Crippen LogP contribution in [0.15, 0.2) is 36.4 Å². The molecule has 37 heavy (non-hydrogen) atoms. The molecule has 0 aliphatic carbocycles. The van der Waals surface area contributed by atoms with Crippen LogP contribution in [0.2, 0.25) is 0 Å². The quantitative estimate of drug-likeness (QED) is 0.511. The summed E-state index contributed by atoms with van der Waals surface area (Å²) in [5, 5.41) is 9.89. The number of phenolic OH excluding ortho intramolecular Hbond substituents is 1. The van der Waals surface area contributed by atoms with Gasteiger partial charge in [-0.3, -0.25) is 4.90 Å². The molecular weight excluding hydrogens is 478 g/mol. The zero-order valence-electron chi connectivity index (χ0n) is 21.0. The van der Waals surface area contributed by atoms with Crippen molar-refractivity contribution in [2.45, 2.75) is 18.6 Å². The van der Waals surface area contributed by atoms with Crippen LogP contribution >= 0.6 is 0 Å². The first-order chi connectivity index (χ1) is 18.0. The molecule has 192 valence electrons. The molecule has 3 aromatic rings. The van der Waals surface area contributed by atoms with Gasteiger partial charge in [0.25, 0.3) is 0 Å². The minimum atomic E-state index is -0.617. The zero-order valence-corrected chi connectivity index (χ0v) is 21.0. The minimum Gasteiger partial charge on any atom is -0.508 e. The average Bonchev–Trinajstić information content (AvgIpc) is 3.52. The van der Waals surface area contributed by atoms with Gasteiger partial charge in [-0.15, -0.1) is 0 Å². The van der Waals surface area contributed by atoms with Crippen LogP contribution in [0.25, 0.3) is 11.1 Å². The second-order valence-electron chi connectivity index (χ2n) is 9.18. The number of carbonyl (C=O) groups excluding carboxylic acids is 1. The highest BCUT2D eigenvalue weighted by atomic mass is 16.7. The molecule has 1 N–H and O–H groups in total. The highest BCUT2D eigenvalue weighted by Gasteiger charge is 2.47. The van der Waals surface area contributed by atoms with Crippen LogP contribution in [0.1, 0.15) is 39.2 Å². The van der Waals surface area contributed by atoms with E-state index in [-0.39, 0.29) is 18.6 Å². The van der Waals surface area contributed by atoms with Crippen molar-refractivity contribution in [1.29, 1.82) is 0 Å². The lowest BCUT2D eigenvalue weighted by molar-refractivity contribution is 0.00877. The van der Waals surface area contributed by atoms with E-state index in [0.29, 0.717) is 47.3 Å². The molecule has 2 atom stereocenters. The van der Waals surface area contributed by atoms with E-state index in [0.717, 1.165) is 27.8 Å². The number of likely N-dealkylation sites (N-methyl/N-ethyl adjacent to an activating group) is 1. The lowest BCUT2D eigenvalue weighted by Crippen LogP contribution is -2.36. The number of aromatic hydroxyl groups is 1. The van der Waals surface area contributed by atoms with Gasteiger partial charge in [0.1, 0.15) is 17.4 Å². The van der Waals surface area contributed by atoms with Gasteiger partial charge in [-0.05, 0) is 42.8 Å². The summed E-state index contributed by atoms with van der Waals surface area (Å²) in [5.74, 6) is 2.22. The number of benzene rings is 3. The Kier molecular flexibility index (Phi) is 5.52. The van der Waals surface area contributed by atoms with E-state index in [1.165, 1.54) is 14.2 Å². The molecule has 3 aliphatic rings. The Hall–Kier alpha value is -4.11. The first-order valence-corrected chi connectivity index (χ1v) is 12.0.